The molecule has 0 unspecified atom stereocenters. The van der Waals surface area contributed by atoms with Crippen LogP contribution in [0.1, 0.15) is 123 Å². The number of carboxylic acid groups (broad SMARTS) is 3. The zero-order valence-electron chi connectivity index (χ0n) is 29.9. The number of carboxylic acids is 3. The Bertz CT molecular complexity index is 1040. The van der Waals surface area contributed by atoms with Gasteiger partial charge in [0.15, 0.2) is 17.3 Å². The number of rotatable bonds is 12. The van der Waals surface area contributed by atoms with Crippen LogP contribution in [0, 0.1) is 69.8 Å². The van der Waals surface area contributed by atoms with Gasteiger partial charge in [-0.3, -0.25) is 43.2 Å². The van der Waals surface area contributed by atoms with Crippen molar-refractivity contribution in [3.05, 3.63) is 0 Å². The number of carbonyl (C=O) groups excluding carboxylic acids is 6. The predicted molar refractivity (Wildman–Crippen MR) is 167 cm³/mol. The largest absolute Gasteiger partial charge is 0.481 e. The Morgan fingerprint density at radius 2 is 0.457 bits per heavy atom. The molecule has 0 aromatic heterocycles. The van der Waals surface area contributed by atoms with Crippen LogP contribution in [0.5, 0.6) is 0 Å². The number of hydrogen-bond donors (Lipinski definition) is 3. The summed E-state index contributed by atoms with van der Waals surface area (Å²) in [5, 5.41) is 26.4. The number of hydrogen-bond acceptors (Lipinski definition) is 9. The maximum atomic E-state index is 11.6. The van der Waals surface area contributed by atoms with Crippen LogP contribution >= 0.6 is 0 Å². The molecule has 0 saturated carbocycles. The maximum Gasteiger partial charge on any atom is 0.316 e. The van der Waals surface area contributed by atoms with Crippen molar-refractivity contribution >= 4 is 52.6 Å². The molecular weight excluding hydrogens is 756 g/mol. The van der Waals surface area contributed by atoms with Gasteiger partial charge in [-0.15, -0.1) is 0 Å². The molecule has 0 aliphatic rings. The maximum absolute atomic E-state index is 11.6. The van der Waals surface area contributed by atoms with Crippen LogP contribution < -0.4 is 0 Å². The standard InChI is InChI=1S/3C11H18O4.Er/c3*1-10(2,3)7(12)6-8(13)11(4,5)9(14)15;/h3*6H2,1-5H3,(H,14,15);. The summed E-state index contributed by atoms with van der Waals surface area (Å²) in [5.41, 5.74) is -6.28. The van der Waals surface area contributed by atoms with Crippen LogP contribution in [0.3, 0.4) is 0 Å². The average Bonchev–Trinajstić information content (AvgIpc) is 2.82. The molecule has 0 radical (unpaired) electrons. The first-order chi connectivity index (χ1) is 19.5. The summed E-state index contributed by atoms with van der Waals surface area (Å²) in [6.45, 7) is 23.2. The normalized spacial score (nSPS) is 12.1. The first-order valence-corrected chi connectivity index (χ1v) is 14.4. The number of carbonyl (C=O) groups is 9. The molecule has 0 aromatic rings. The molecule has 0 aliphatic carbocycles. The van der Waals surface area contributed by atoms with Crippen LogP contribution in [0.15, 0.2) is 0 Å². The summed E-state index contributed by atoms with van der Waals surface area (Å²) in [7, 11) is 0. The molecule has 0 rings (SSSR count). The Morgan fingerprint density at radius 1 is 0.326 bits per heavy atom. The topological polar surface area (TPSA) is 214 Å². The summed E-state index contributed by atoms with van der Waals surface area (Å²) < 4.78 is 0. The monoisotopic (exact) mass is 808 g/mol. The van der Waals surface area contributed by atoms with E-state index in [1.807, 2.05) is 0 Å². The van der Waals surface area contributed by atoms with Crippen molar-refractivity contribution in [1.29, 1.82) is 0 Å². The van der Waals surface area contributed by atoms with Gasteiger partial charge in [0.1, 0.15) is 33.6 Å². The van der Waals surface area contributed by atoms with Gasteiger partial charge in [0.2, 0.25) is 0 Å². The molecule has 13 heteroatoms. The Labute approximate surface area is 302 Å². The molecule has 270 valence electrons. The summed E-state index contributed by atoms with van der Waals surface area (Å²) in [6, 6.07) is 0. The minimum absolute atomic E-state index is 0. The van der Waals surface area contributed by atoms with Crippen LogP contribution in [0.2, 0.25) is 0 Å². The minimum Gasteiger partial charge on any atom is -0.481 e. The second-order valence-electron chi connectivity index (χ2n) is 15.6. The van der Waals surface area contributed by atoms with Crippen LogP contribution in [0.25, 0.3) is 0 Å². The third-order valence-corrected chi connectivity index (χ3v) is 7.17. The number of Topliss-reactive ketones (excluding diaryl/α,β-unsaturated/α-hetero) is 6. The van der Waals surface area contributed by atoms with E-state index in [1.165, 1.54) is 41.5 Å². The summed E-state index contributed by atoms with van der Waals surface area (Å²) in [4.78, 5) is 102. The molecule has 0 heterocycles. The van der Waals surface area contributed by atoms with Gasteiger partial charge >= 0.3 is 17.9 Å². The molecule has 12 nitrogen and oxygen atoms in total. The van der Waals surface area contributed by atoms with Gasteiger partial charge in [0.05, 0.1) is 19.3 Å². The van der Waals surface area contributed by atoms with E-state index < -0.39 is 67.7 Å². The number of ketones is 6. The van der Waals surface area contributed by atoms with Gasteiger partial charge in [-0.25, -0.2) is 0 Å². The molecule has 3 N–H and O–H groups in total. The van der Waals surface area contributed by atoms with E-state index in [9.17, 15) is 43.2 Å². The Hall–Kier alpha value is -2.32. The van der Waals surface area contributed by atoms with Gasteiger partial charge in [-0.05, 0) is 41.5 Å². The van der Waals surface area contributed by atoms with Crippen molar-refractivity contribution in [1.82, 2.24) is 0 Å². The molecule has 0 bridgehead atoms. The van der Waals surface area contributed by atoms with Crippen molar-refractivity contribution in [2.75, 3.05) is 0 Å². The van der Waals surface area contributed by atoms with E-state index in [1.54, 1.807) is 62.3 Å². The third kappa shape index (κ3) is 17.0. The van der Waals surface area contributed by atoms with Gasteiger partial charge in [-0.1, -0.05) is 62.3 Å². The zero-order valence-corrected chi connectivity index (χ0v) is 31.8. The first kappa shape index (κ1) is 50.5. The van der Waals surface area contributed by atoms with Crippen molar-refractivity contribution < 1.29 is 95.8 Å². The summed E-state index contributed by atoms with van der Waals surface area (Å²) in [5.74, 6) is -5.94. The molecule has 0 atom stereocenters. The Kier molecular flexibility index (Phi) is 20.1. The van der Waals surface area contributed by atoms with Crippen LogP contribution in [-0.4, -0.2) is 67.9 Å². The van der Waals surface area contributed by atoms with E-state index in [0.29, 0.717) is 0 Å². The second kappa shape index (κ2) is 18.3. The number of aliphatic carboxylic acids is 3. The van der Waals surface area contributed by atoms with Gasteiger partial charge < -0.3 is 15.3 Å². The molecule has 0 fully saturated rings. The van der Waals surface area contributed by atoms with E-state index in [0.717, 1.165) is 0 Å². The Balaban J connectivity index is -0.000000285. The Morgan fingerprint density at radius 3 is 0.543 bits per heavy atom. The minimum atomic E-state index is -1.49. The molecule has 0 aromatic carbocycles. The molecule has 0 amide bonds. The van der Waals surface area contributed by atoms with Gasteiger partial charge in [0.25, 0.3) is 0 Å². The SMILES string of the molecule is CC(C)(C)C(=O)CC(=O)C(C)(C)C(=O)O.CC(C)(C)C(=O)CC(=O)C(C)(C)C(=O)O.CC(C)(C)C(=O)CC(=O)C(C)(C)C(=O)O.[Er]. The van der Waals surface area contributed by atoms with E-state index in [-0.39, 0.29) is 73.9 Å². The van der Waals surface area contributed by atoms with E-state index in [2.05, 4.69) is 0 Å². The summed E-state index contributed by atoms with van der Waals surface area (Å²) >= 11 is 0. The molecule has 0 spiro atoms. The smallest absolute Gasteiger partial charge is 0.316 e. The van der Waals surface area contributed by atoms with E-state index >= 15 is 0 Å². The fourth-order valence-corrected chi connectivity index (χ4v) is 2.25. The first-order valence-electron chi connectivity index (χ1n) is 14.4. The van der Waals surface area contributed by atoms with E-state index in [4.69, 9.17) is 15.3 Å². The van der Waals surface area contributed by atoms with Gasteiger partial charge in [0, 0.05) is 53.6 Å². The molecule has 0 saturated heterocycles. The average molecular weight is 810 g/mol. The second-order valence-corrected chi connectivity index (χ2v) is 15.6. The van der Waals surface area contributed by atoms with Crippen molar-refractivity contribution in [2.45, 2.75) is 123 Å². The summed E-state index contributed by atoms with van der Waals surface area (Å²) in [6.07, 6.45) is -0.950. The van der Waals surface area contributed by atoms with Crippen LogP contribution in [-0.2, 0) is 43.2 Å². The molecule has 46 heavy (non-hydrogen) atoms. The van der Waals surface area contributed by atoms with Crippen molar-refractivity contribution in [2.24, 2.45) is 32.5 Å². The zero-order chi connectivity index (χ0) is 37.3. The van der Waals surface area contributed by atoms with Gasteiger partial charge in [-0.2, -0.15) is 0 Å². The quantitative estimate of drug-likeness (QED) is 0.222. The van der Waals surface area contributed by atoms with Crippen molar-refractivity contribution in [3.63, 3.8) is 0 Å². The fourth-order valence-electron chi connectivity index (χ4n) is 2.25. The third-order valence-electron chi connectivity index (χ3n) is 7.17. The van der Waals surface area contributed by atoms with Crippen LogP contribution in [0.4, 0.5) is 0 Å². The van der Waals surface area contributed by atoms with Crippen molar-refractivity contribution in [3.8, 4) is 0 Å². The molecule has 0 aliphatic heterocycles. The molecular formula is C33H54ErO12. The fraction of sp³-hybridized carbons (Fsp3) is 0.727. The predicted octanol–water partition coefficient (Wildman–Crippen LogP) is 5.01.